The minimum Gasteiger partial charge on any atom is -0.791 e. The summed E-state index contributed by atoms with van der Waals surface area (Å²) in [6.07, 6.45) is 0. The zero-order valence-corrected chi connectivity index (χ0v) is 9.42. The van der Waals surface area contributed by atoms with Gasteiger partial charge in [0.1, 0.15) is 0 Å². The molecule has 5 nitrogen and oxygen atoms in total. The first kappa shape index (κ1) is 23.5. The van der Waals surface area contributed by atoms with Crippen LogP contribution in [0.2, 0.25) is 0 Å². The molecule has 0 saturated heterocycles. The summed E-state index contributed by atoms with van der Waals surface area (Å²) in [6, 6.07) is 0. The van der Waals surface area contributed by atoms with E-state index in [1.165, 1.54) is 0 Å². The van der Waals surface area contributed by atoms with Crippen LogP contribution >= 0.6 is 0 Å². The normalized spacial score (nSPS) is 6.92. The molecule has 0 heterocycles. The molecule has 0 spiro atoms. The summed E-state index contributed by atoms with van der Waals surface area (Å²) >= 11 is 4.43. The third kappa shape index (κ3) is 108. The summed E-state index contributed by atoms with van der Waals surface area (Å²) in [5, 5.41) is 0. The summed E-state index contributed by atoms with van der Waals surface area (Å²) in [6.45, 7) is 1.58. The van der Waals surface area contributed by atoms with Crippen LogP contribution in [0.5, 0.6) is 0 Å². The van der Waals surface area contributed by atoms with Crippen LogP contribution in [0.4, 0.5) is 0 Å². The Morgan fingerprint density at radius 2 is 1.00 bits per heavy atom. The molecule has 13 heavy (non-hydrogen) atoms. The van der Waals surface area contributed by atoms with Gasteiger partial charge in [-0.3, -0.25) is 0 Å². The molecule has 0 aromatic carbocycles. The van der Waals surface area contributed by atoms with Crippen molar-refractivity contribution in [2.45, 2.75) is 0 Å². The van der Waals surface area contributed by atoms with E-state index in [0.717, 1.165) is 0 Å². The van der Waals surface area contributed by atoms with Crippen molar-refractivity contribution in [3.05, 3.63) is 22.9 Å². The molecule has 0 atom stereocenters. The van der Waals surface area contributed by atoms with Crippen molar-refractivity contribution in [3.63, 3.8) is 0 Å². The van der Waals surface area contributed by atoms with Gasteiger partial charge in [-0.2, -0.15) is 31.9 Å². The Morgan fingerprint density at radius 3 is 1.00 bits per heavy atom. The largest absolute Gasteiger partial charge is 0.791 e. The van der Waals surface area contributed by atoms with E-state index in [1.807, 2.05) is 0 Å². The molecule has 0 aromatic heterocycles. The fourth-order valence-electron chi connectivity index (χ4n) is 0. The van der Waals surface area contributed by atoms with Crippen LogP contribution in [0, 0.1) is 0 Å². The molecule has 0 amide bonds. The number of nitrogens with one attached hydrogen (secondary N) is 4. The molecule has 1 radical (unpaired) electrons. The molecule has 6 N–H and O–H groups in total. The quantitative estimate of drug-likeness (QED) is 0.767. The minimum atomic E-state index is 0. The van der Waals surface area contributed by atoms with E-state index in [0.29, 0.717) is 12.3 Å². The molecular weight excluding hydrogens is 233 g/mol. The first-order chi connectivity index (χ1) is 5.74. The standard InChI is InChI=1S/2C2H6N2.C2H7NS.Co/c3*3-1-2-4;/h2*3-4H,1-2H2;4H,1-3H2;/q2*-2;;/p-1. The number of rotatable bonds is 3. The van der Waals surface area contributed by atoms with Gasteiger partial charge in [-0.15, -0.1) is 0 Å². The van der Waals surface area contributed by atoms with Gasteiger partial charge in [-0.05, 0) is 6.54 Å². The molecule has 0 aliphatic rings. The van der Waals surface area contributed by atoms with E-state index in [2.05, 4.69) is 12.6 Å². The third-order valence-corrected chi connectivity index (χ3v) is 0.604. The first-order valence-corrected chi connectivity index (χ1v) is 4.19. The maximum Gasteiger partial charge on any atom is 0 e. The topological polar surface area (TPSA) is 121 Å². The predicted octanol–water partition coefficient (Wildman–Crippen LogP) is 1.67. The maximum atomic E-state index is 6.26. The molecule has 0 aliphatic heterocycles. The Balaban J connectivity index is -0.0000000450. The predicted molar refractivity (Wildman–Crippen MR) is 58.0 cm³/mol. The molecule has 0 aliphatic carbocycles. The van der Waals surface area contributed by atoms with Gasteiger partial charge in [0.15, 0.2) is 0 Å². The van der Waals surface area contributed by atoms with Crippen LogP contribution < -0.4 is 5.73 Å². The van der Waals surface area contributed by atoms with Gasteiger partial charge in [-0.1, -0.05) is 0 Å². The molecule has 0 fully saturated rings. The van der Waals surface area contributed by atoms with Gasteiger partial charge in [-0.25, -0.2) is 0 Å². The van der Waals surface area contributed by atoms with E-state index in [4.69, 9.17) is 28.7 Å². The molecule has 0 saturated carbocycles. The van der Waals surface area contributed by atoms with Crippen molar-refractivity contribution < 1.29 is 16.8 Å². The van der Waals surface area contributed by atoms with E-state index in [-0.39, 0.29) is 43.0 Å². The summed E-state index contributed by atoms with van der Waals surface area (Å²) < 4.78 is 0. The van der Waals surface area contributed by atoms with Crippen LogP contribution in [0.3, 0.4) is 0 Å². The van der Waals surface area contributed by atoms with Crippen LogP contribution in [-0.4, -0.2) is 38.5 Å². The molecule has 87 valence electrons. The number of hydrogen-bond donors (Lipinski definition) is 1. The van der Waals surface area contributed by atoms with Crippen LogP contribution in [0.15, 0.2) is 0 Å². The average Bonchev–Trinajstić information content (AvgIpc) is 2.18. The van der Waals surface area contributed by atoms with Gasteiger partial charge in [0.25, 0.3) is 0 Å². The SMILES string of the molecule is NCC[S-].[Co].[NH-]CC[NH-].[NH-]CC[NH-]. The molecule has 0 bridgehead atoms. The molecule has 0 rings (SSSR count). The summed E-state index contributed by atoms with van der Waals surface area (Å²) in [5.41, 5.74) is 30.0. The second-order valence-corrected chi connectivity index (χ2v) is 1.90. The number of nitrogens with two attached hydrogens (primary N) is 1. The van der Waals surface area contributed by atoms with Gasteiger partial charge < -0.3 is 41.3 Å². The summed E-state index contributed by atoms with van der Waals surface area (Å²) in [4.78, 5) is 0. The van der Waals surface area contributed by atoms with Gasteiger partial charge >= 0.3 is 0 Å². The Morgan fingerprint density at radius 1 is 0.846 bits per heavy atom. The van der Waals surface area contributed by atoms with E-state index in [1.54, 1.807) is 0 Å². The zero-order chi connectivity index (χ0) is 10.2. The van der Waals surface area contributed by atoms with Crippen molar-refractivity contribution >= 4 is 12.6 Å². The Kier molecular flexibility index (Phi) is 70.0. The average molecular weight is 251 g/mol. The molecule has 7 heteroatoms. The maximum absolute atomic E-state index is 6.26. The Labute approximate surface area is 96.8 Å². The molecular formula is C6H18CoN5S-5. The second kappa shape index (κ2) is 38.8. The van der Waals surface area contributed by atoms with Gasteiger partial charge in [0.05, 0.1) is 0 Å². The smallest absolute Gasteiger partial charge is 0 e. The first-order valence-electron chi connectivity index (χ1n) is 3.61. The monoisotopic (exact) mass is 251 g/mol. The molecule has 0 unspecified atom stereocenters. The van der Waals surface area contributed by atoms with Crippen LogP contribution in [0.25, 0.3) is 22.9 Å². The summed E-state index contributed by atoms with van der Waals surface area (Å²) in [7, 11) is 0. The van der Waals surface area contributed by atoms with Gasteiger partial charge in [0, 0.05) is 16.8 Å². The van der Waals surface area contributed by atoms with Crippen molar-refractivity contribution in [2.24, 2.45) is 5.73 Å². The van der Waals surface area contributed by atoms with Crippen molar-refractivity contribution in [1.82, 2.24) is 0 Å². The van der Waals surface area contributed by atoms with Crippen LogP contribution in [-0.2, 0) is 29.4 Å². The fourth-order valence-corrected chi connectivity index (χ4v) is 0. The minimum absolute atomic E-state index is 0. The summed E-state index contributed by atoms with van der Waals surface area (Å²) in [5.74, 6) is 0.681. The van der Waals surface area contributed by atoms with Crippen LogP contribution in [0.1, 0.15) is 0 Å². The van der Waals surface area contributed by atoms with Crippen molar-refractivity contribution in [3.8, 4) is 0 Å². The fraction of sp³-hybridized carbons (Fsp3) is 1.00. The molecule has 0 aromatic rings. The van der Waals surface area contributed by atoms with Crippen molar-refractivity contribution in [2.75, 3.05) is 38.5 Å². The van der Waals surface area contributed by atoms with E-state index in [9.17, 15) is 0 Å². The van der Waals surface area contributed by atoms with E-state index >= 15 is 0 Å². The second-order valence-electron chi connectivity index (χ2n) is 1.49. The van der Waals surface area contributed by atoms with Crippen molar-refractivity contribution in [1.29, 1.82) is 0 Å². The Bertz CT molecular complexity index is 36.5. The van der Waals surface area contributed by atoms with Gasteiger partial charge in [0.2, 0.25) is 0 Å². The third-order valence-electron chi connectivity index (χ3n) is 0.368. The Hall–Kier alpha value is 0.656. The zero-order valence-electron chi connectivity index (χ0n) is 7.56. The number of hydrogen-bond acceptors (Lipinski definition) is 2. The van der Waals surface area contributed by atoms with E-state index < -0.39 is 0 Å².